The second kappa shape index (κ2) is 9.81. The van der Waals surface area contributed by atoms with Gasteiger partial charge in [0, 0.05) is 23.2 Å². The number of ether oxygens (including phenoxy) is 1. The Morgan fingerprint density at radius 2 is 1.97 bits per heavy atom. The molecule has 8 nitrogen and oxygen atoms in total. The van der Waals surface area contributed by atoms with Gasteiger partial charge in [-0.25, -0.2) is 9.18 Å². The third-order valence-corrected chi connectivity index (χ3v) is 7.69. The second-order valence-corrected chi connectivity index (χ2v) is 13.2. The van der Waals surface area contributed by atoms with Gasteiger partial charge in [-0.1, -0.05) is 13.8 Å². The zero-order valence-electron chi connectivity index (χ0n) is 20.9. The van der Waals surface area contributed by atoms with Gasteiger partial charge in [0.2, 0.25) is 0 Å². The number of amides is 3. The maximum absolute atomic E-state index is 14.6. The van der Waals surface area contributed by atoms with E-state index < -0.39 is 17.5 Å². The standard InChI is InChI=1S/C25H30FIN4O4S/c1-24(2,3)35-23(34)31-10-14(11-31)29-20(32)18-15-9-25(4,5)12-28-21(33)19(15)36-22(18)30-17-7-6-13(27)8-16(17)26/h6-8,14,30H,9-12H2,1-5H3,(H,28,33)(H,29,32). The third kappa shape index (κ3) is 5.93. The molecule has 0 aliphatic carbocycles. The Labute approximate surface area is 227 Å². The average Bonchev–Trinajstić information content (AvgIpc) is 3.01. The van der Waals surface area contributed by atoms with E-state index in [1.165, 1.54) is 11.0 Å². The molecule has 2 aliphatic heterocycles. The first-order chi connectivity index (χ1) is 16.7. The van der Waals surface area contributed by atoms with Crippen LogP contribution >= 0.6 is 33.9 Å². The topological polar surface area (TPSA) is 99.8 Å². The molecule has 0 radical (unpaired) electrons. The summed E-state index contributed by atoms with van der Waals surface area (Å²) in [6.07, 6.45) is 0.0821. The van der Waals surface area contributed by atoms with Crippen LogP contribution < -0.4 is 16.0 Å². The normalized spacial score (nSPS) is 17.4. The SMILES string of the molecule is CC1(C)CNC(=O)c2sc(Nc3ccc(I)cc3F)c(C(=O)NC3CN(C(=O)OC(C)(C)C)C3)c2C1. The van der Waals surface area contributed by atoms with Crippen LogP contribution in [0.1, 0.15) is 60.2 Å². The molecular weight excluding hydrogens is 598 g/mol. The number of thiophene rings is 1. The molecule has 2 aliphatic rings. The van der Waals surface area contributed by atoms with E-state index in [2.05, 4.69) is 16.0 Å². The molecule has 3 N–H and O–H groups in total. The van der Waals surface area contributed by atoms with Crippen molar-refractivity contribution in [1.29, 1.82) is 0 Å². The molecular formula is C25H30FIN4O4S. The number of likely N-dealkylation sites (tertiary alicyclic amines) is 1. The highest BCUT2D eigenvalue weighted by Gasteiger charge is 2.38. The molecule has 0 saturated carbocycles. The fourth-order valence-corrected chi connectivity index (χ4v) is 5.70. The van der Waals surface area contributed by atoms with Gasteiger partial charge in [-0.2, -0.15) is 0 Å². The predicted octanol–water partition coefficient (Wildman–Crippen LogP) is 4.90. The summed E-state index contributed by atoms with van der Waals surface area (Å²) in [5.74, 6) is -1.06. The Hall–Kier alpha value is -2.41. The highest BCUT2D eigenvalue weighted by molar-refractivity contribution is 14.1. The summed E-state index contributed by atoms with van der Waals surface area (Å²) in [7, 11) is 0. The number of rotatable bonds is 4. The number of carbonyl (C=O) groups is 3. The molecule has 36 heavy (non-hydrogen) atoms. The molecule has 0 bridgehead atoms. The Bertz CT molecular complexity index is 1220. The lowest BCUT2D eigenvalue weighted by Gasteiger charge is -2.40. The van der Waals surface area contributed by atoms with E-state index in [9.17, 15) is 18.8 Å². The molecule has 4 rings (SSSR count). The highest BCUT2D eigenvalue weighted by Crippen LogP contribution is 2.40. The van der Waals surface area contributed by atoms with Gasteiger partial charge < -0.3 is 25.6 Å². The number of benzene rings is 1. The minimum Gasteiger partial charge on any atom is -0.444 e. The first-order valence-corrected chi connectivity index (χ1v) is 13.6. The van der Waals surface area contributed by atoms with Crippen molar-refractivity contribution in [2.45, 2.75) is 52.7 Å². The van der Waals surface area contributed by atoms with E-state index in [4.69, 9.17) is 4.74 Å². The summed E-state index contributed by atoms with van der Waals surface area (Å²) in [4.78, 5) is 40.7. The molecule has 0 spiro atoms. The molecule has 3 amide bonds. The van der Waals surface area contributed by atoms with Gasteiger partial charge in [-0.3, -0.25) is 9.59 Å². The van der Waals surface area contributed by atoms with Crippen molar-refractivity contribution in [1.82, 2.24) is 15.5 Å². The molecule has 194 valence electrons. The highest BCUT2D eigenvalue weighted by atomic mass is 127. The Morgan fingerprint density at radius 3 is 2.61 bits per heavy atom. The van der Waals surface area contributed by atoms with E-state index in [0.29, 0.717) is 47.1 Å². The molecule has 2 aromatic rings. The number of hydrogen-bond donors (Lipinski definition) is 3. The lowest BCUT2D eigenvalue weighted by Crippen LogP contribution is -2.61. The molecule has 1 saturated heterocycles. The number of nitrogens with zero attached hydrogens (tertiary/aromatic N) is 1. The lowest BCUT2D eigenvalue weighted by molar-refractivity contribution is 0.00532. The minimum absolute atomic E-state index is 0.222. The van der Waals surface area contributed by atoms with Crippen LogP contribution in [0.3, 0.4) is 0 Å². The van der Waals surface area contributed by atoms with Crippen molar-refractivity contribution in [3.05, 3.63) is 43.6 Å². The summed E-state index contributed by atoms with van der Waals surface area (Å²) in [5, 5.41) is 9.37. The van der Waals surface area contributed by atoms with Gasteiger partial charge >= 0.3 is 6.09 Å². The van der Waals surface area contributed by atoms with Crippen molar-refractivity contribution >= 4 is 62.5 Å². The van der Waals surface area contributed by atoms with Crippen LogP contribution in [0.5, 0.6) is 0 Å². The third-order valence-electron chi connectivity index (χ3n) is 5.87. The summed E-state index contributed by atoms with van der Waals surface area (Å²) in [5.41, 5.74) is 0.341. The Kier molecular flexibility index (Phi) is 7.26. The van der Waals surface area contributed by atoms with Gasteiger partial charge in [0.15, 0.2) is 0 Å². The maximum atomic E-state index is 14.6. The van der Waals surface area contributed by atoms with Crippen LogP contribution in [0.25, 0.3) is 0 Å². The number of nitrogens with one attached hydrogen (secondary N) is 3. The summed E-state index contributed by atoms with van der Waals surface area (Å²) < 4.78 is 20.8. The number of halogens is 2. The summed E-state index contributed by atoms with van der Waals surface area (Å²) >= 11 is 3.18. The second-order valence-electron chi connectivity index (χ2n) is 10.9. The van der Waals surface area contributed by atoms with E-state index in [-0.39, 0.29) is 29.0 Å². The monoisotopic (exact) mass is 628 g/mol. The van der Waals surface area contributed by atoms with Crippen LogP contribution in [-0.4, -0.2) is 54.1 Å². The first-order valence-electron chi connectivity index (χ1n) is 11.7. The number of hydrogen-bond acceptors (Lipinski definition) is 6. The van der Waals surface area contributed by atoms with Crippen LogP contribution in [0.2, 0.25) is 0 Å². The Balaban J connectivity index is 1.60. The quantitative estimate of drug-likeness (QED) is 0.419. The van der Waals surface area contributed by atoms with Crippen molar-refractivity contribution < 1.29 is 23.5 Å². The average molecular weight is 629 g/mol. The summed E-state index contributed by atoms with van der Waals surface area (Å²) in [6.45, 7) is 10.6. The number of carbonyl (C=O) groups excluding carboxylic acids is 3. The van der Waals surface area contributed by atoms with Gasteiger partial charge in [0.25, 0.3) is 11.8 Å². The van der Waals surface area contributed by atoms with Crippen LogP contribution in [0.15, 0.2) is 18.2 Å². The molecule has 3 heterocycles. The number of anilines is 2. The minimum atomic E-state index is -0.599. The fraction of sp³-hybridized carbons (Fsp3) is 0.480. The van der Waals surface area contributed by atoms with Crippen molar-refractivity contribution in [2.24, 2.45) is 5.41 Å². The largest absolute Gasteiger partial charge is 0.444 e. The van der Waals surface area contributed by atoms with Crippen LogP contribution in [0.4, 0.5) is 19.9 Å². The van der Waals surface area contributed by atoms with E-state index >= 15 is 0 Å². The Morgan fingerprint density at radius 1 is 1.28 bits per heavy atom. The molecule has 1 aromatic heterocycles. The fourth-order valence-electron chi connectivity index (χ4n) is 4.10. The van der Waals surface area contributed by atoms with E-state index in [1.807, 2.05) is 36.4 Å². The molecule has 0 unspecified atom stereocenters. The lowest BCUT2D eigenvalue weighted by atomic mass is 9.85. The van der Waals surface area contributed by atoms with E-state index in [0.717, 1.165) is 14.9 Å². The van der Waals surface area contributed by atoms with Gasteiger partial charge in [0.05, 0.1) is 22.2 Å². The van der Waals surface area contributed by atoms with Crippen molar-refractivity contribution in [2.75, 3.05) is 25.0 Å². The number of fused-ring (bicyclic) bond motifs is 1. The van der Waals surface area contributed by atoms with Gasteiger partial charge in [0.1, 0.15) is 16.4 Å². The predicted molar refractivity (Wildman–Crippen MR) is 146 cm³/mol. The maximum Gasteiger partial charge on any atom is 0.410 e. The van der Waals surface area contributed by atoms with Crippen molar-refractivity contribution in [3.63, 3.8) is 0 Å². The molecule has 1 fully saturated rings. The first kappa shape index (κ1) is 26.6. The van der Waals surface area contributed by atoms with Gasteiger partial charge in [-0.15, -0.1) is 11.3 Å². The van der Waals surface area contributed by atoms with Crippen molar-refractivity contribution in [3.8, 4) is 0 Å². The molecule has 11 heteroatoms. The zero-order chi connectivity index (χ0) is 26.4. The van der Waals surface area contributed by atoms with Crippen LogP contribution in [-0.2, 0) is 11.2 Å². The molecule has 1 aromatic carbocycles. The van der Waals surface area contributed by atoms with Crippen LogP contribution in [0, 0.1) is 14.8 Å². The van der Waals surface area contributed by atoms with E-state index in [1.54, 1.807) is 32.9 Å². The zero-order valence-corrected chi connectivity index (χ0v) is 23.9. The summed E-state index contributed by atoms with van der Waals surface area (Å²) in [6, 6.07) is 4.52. The molecule has 0 atom stereocenters. The van der Waals surface area contributed by atoms with Gasteiger partial charge in [-0.05, 0) is 79.0 Å². The smallest absolute Gasteiger partial charge is 0.410 e.